The molecule has 2 rings (SSSR count). The Balaban J connectivity index is 0.000000450. The molecule has 2 atom stereocenters. The third-order valence-electron chi connectivity index (χ3n) is 5.08. The lowest BCUT2D eigenvalue weighted by molar-refractivity contribution is -0.116. The molecule has 0 spiro atoms. The Morgan fingerprint density at radius 1 is 1.08 bits per heavy atom. The van der Waals surface area contributed by atoms with Gasteiger partial charge in [-0.2, -0.15) is 0 Å². The Bertz CT molecular complexity index is 516. The molecule has 0 saturated carbocycles. The summed E-state index contributed by atoms with van der Waals surface area (Å²) < 4.78 is 15.0. The predicted octanol–water partition coefficient (Wildman–Crippen LogP) is 4.37. The van der Waals surface area contributed by atoms with Gasteiger partial charge in [-0.1, -0.05) is 45.4 Å². The quantitative estimate of drug-likeness (QED) is 0.408. The molecule has 0 bridgehead atoms. The van der Waals surface area contributed by atoms with Crippen molar-refractivity contribution in [3.63, 3.8) is 0 Å². The van der Waals surface area contributed by atoms with Gasteiger partial charge in [0.25, 0.3) is 0 Å². The maximum atomic E-state index is 11.6. The largest absolute Gasteiger partial charge is 0.382 e. The molecular formula is C20H33ClO4. The zero-order valence-electron chi connectivity index (χ0n) is 16.6. The molecule has 0 aromatic heterocycles. The molecule has 0 aromatic rings. The number of allylic oxidation sites excluding steroid dienone is 3. The van der Waals surface area contributed by atoms with Crippen LogP contribution in [0.1, 0.15) is 40.5 Å². The van der Waals surface area contributed by atoms with Gasteiger partial charge in [0.15, 0.2) is 0 Å². The van der Waals surface area contributed by atoms with E-state index in [-0.39, 0.29) is 28.1 Å². The molecule has 2 unspecified atom stereocenters. The van der Waals surface area contributed by atoms with E-state index in [1.165, 1.54) is 11.1 Å². The first-order chi connectivity index (χ1) is 11.6. The summed E-state index contributed by atoms with van der Waals surface area (Å²) in [5.74, 6) is -0.119. The van der Waals surface area contributed by atoms with Crippen molar-refractivity contribution in [1.29, 1.82) is 0 Å². The van der Waals surface area contributed by atoms with Crippen LogP contribution in [-0.4, -0.2) is 45.9 Å². The average Bonchev–Trinajstić information content (AvgIpc) is 2.56. The van der Waals surface area contributed by atoms with Crippen LogP contribution in [-0.2, 0) is 19.0 Å². The Labute approximate surface area is 157 Å². The van der Waals surface area contributed by atoms with E-state index < -0.39 is 0 Å². The van der Waals surface area contributed by atoms with E-state index in [1.807, 2.05) is 0 Å². The normalized spacial score (nSPS) is 26.6. The van der Waals surface area contributed by atoms with Crippen LogP contribution in [0.5, 0.6) is 0 Å². The number of carbonyl (C=O) groups is 1. The van der Waals surface area contributed by atoms with Crippen molar-refractivity contribution in [2.24, 2.45) is 16.7 Å². The van der Waals surface area contributed by atoms with E-state index in [2.05, 4.69) is 49.3 Å². The highest BCUT2D eigenvalue weighted by atomic mass is 35.5. The minimum atomic E-state index is -0.239. The molecule has 25 heavy (non-hydrogen) atoms. The van der Waals surface area contributed by atoms with Crippen molar-refractivity contribution in [3.8, 4) is 0 Å². The summed E-state index contributed by atoms with van der Waals surface area (Å²) >= 11 is 5.74. The lowest BCUT2D eigenvalue weighted by Crippen LogP contribution is -2.39. The van der Waals surface area contributed by atoms with Crippen LogP contribution in [0, 0.1) is 16.7 Å². The van der Waals surface area contributed by atoms with Gasteiger partial charge in [0.1, 0.15) is 0 Å². The molecule has 0 radical (unpaired) electrons. The number of ether oxygens (including phenoxy) is 3. The highest BCUT2D eigenvalue weighted by molar-refractivity contribution is 6.64. The van der Waals surface area contributed by atoms with Crippen LogP contribution >= 0.6 is 11.6 Å². The standard InChI is InChI=1S/C16H23ClO2.C4H10O2/c1-15(2)6-7-16(3,4)13-11(15)8-10(14(17)18)9-12(13)19-5;1-5-3-4-6-2/h6-7,10,12H,8-9H2,1-5H3;3-4H2,1-2H3. The van der Waals surface area contributed by atoms with Crippen LogP contribution in [0.15, 0.2) is 23.3 Å². The molecule has 0 amide bonds. The zero-order valence-corrected chi connectivity index (χ0v) is 17.4. The summed E-state index contributed by atoms with van der Waals surface area (Å²) in [5, 5.41) is -0.239. The number of hydrogen-bond acceptors (Lipinski definition) is 4. The SMILES string of the molecule is COC1CC(C(=O)Cl)CC2=C1C(C)(C)C=CC2(C)C.COCCOC. The summed E-state index contributed by atoms with van der Waals surface area (Å²) in [5.41, 5.74) is 2.65. The van der Waals surface area contributed by atoms with E-state index in [0.717, 1.165) is 6.42 Å². The molecule has 0 aromatic carbocycles. The van der Waals surface area contributed by atoms with Crippen molar-refractivity contribution in [2.45, 2.75) is 46.6 Å². The lowest BCUT2D eigenvalue weighted by atomic mass is 9.61. The van der Waals surface area contributed by atoms with E-state index in [1.54, 1.807) is 21.3 Å². The van der Waals surface area contributed by atoms with Gasteiger partial charge < -0.3 is 14.2 Å². The first kappa shape index (κ1) is 22.4. The number of halogens is 1. The number of carbonyl (C=O) groups excluding carboxylic acids is 1. The first-order valence-electron chi connectivity index (χ1n) is 8.75. The highest BCUT2D eigenvalue weighted by Gasteiger charge is 2.44. The van der Waals surface area contributed by atoms with Crippen molar-refractivity contribution >= 4 is 16.8 Å². The predicted molar refractivity (Wildman–Crippen MR) is 102 cm³/mol. The Kier molecular flexibility index (Phi) is 8.33. The highest BCUT2D eigenvalue weighted by Crippen LogP contribution is 2.52. The molecule has 0 saturated heterocycles. The summed E-state index contributed by atoms with van der Waals surface area (Å²) in [6, 6.07) is 0. The van der Waals surface area contributed by atoms with Gasteiger partial charge in [0, 0.05) is 38.1 Å². The molecule has 0 aliphatic heterocycles. The molecule has 0 N–H and O–H groups in total. The topological polar surface area (TPSA) is 44.8 Å². The van der Waals surface area contributed by atoms with Crippen LogP contribution < -0.4 is 0 Å². The fraction of sp³-hybridized carbons (Fsp3) is 0.750. The van der Waals surface area contributed by atoms with Crippen LogP contribution in [0.3, 0.4) is 0 Å². The Hall–Kier alpha value is -0.680. The van der Waals surface area contributed by atoms with Gasteiger partial charge in [0.05, 0.1) is 19.3 Å². The Morgan fingerprint density at radius 2 is 1.60 bits per heavy atom. The fourth-order valence-corrected chi connectivity index (χ4v) is 3.75. The maximum Gasteiger partial charge on any atom is 0.225 e. The van der Waals surface area contributed by atoms with Crippen LogP contribution in [0.4, 0.5) is 0 Å². The van der Waals surface area contributed by atoms with Crippen molar-refractivity contribution in [2.75, 3.05) is 34.5 Å². The molecular weight excluding hydrogens is 340 g/mol. The molecule has 4 nitrogen and oxygen atoms in total. The van der Waals surface area contributed by atoms with Gasteiger partial charge in [0.2, 0.25) is 5.24 Å². The molecule has 0 fully saturated rings. The monoisotopic (exact) mass is 372 g/mol. The van der Waals surface area contributed by atoms with E-state index >= 15 is 0 Å². The zero-order chi connectivity index (χ0) is 19.3. The third-order valence-corrected chi connectivity index (χ3v) is 5.39. The minimum Gasteiger partial charge on any atom is -0.382 e. The fourth-order valence-electron chi connectivity index (χ4n) is 3.58. The van der Waals surface area contributed by atoms with Crippen molar-refractivity contribution in [3.05, 3.63) is 23.3 Å². The van der Waals surface area contributed by atoms with Gasteiger partial charge in [-0.05, 0) is 30.0 Å². The van der Waals surface area contributed by atoms with Crippen LogP contribution in [0.2, 0.25) is 0 Å². The summed E-state index contributed by atoms with van der Waals surface area (Å²) in [4.78, 5) is 11.6. The van der Waals surface area contributed by atoms with E-state index in [0.29, 0.717) is 19.6 Å². The van der Waals surface area contributed by atoms with Crippen molar-refractivity contribution in [1.82, 2.24) is 0 Å². The Morgan fingerprint density at radius 3 is 2.04 bits per heavy atom. The molecule has 144 valence electrons. The summed E-state index contributed by atoms with van der Waals surface area (Å²) in [7, 11) is 5.02. The number of rotatable bonds is 5. The second kappa shape index (κ2) is 9.31. The average molecular weight is 373 g/mol. The molecule has 2 aliphatic rings. The second-order valence-electron chi connectivity index (χ2n) is 7.82. The molecule has 5 heteroatoms. The lowest BCUT2D eigenvalue weighted by Gasteiger charge is -2.46. The number of hydrogen-bond donors (Lipinski definition) is 0. The molecule has 0 heterocycles. The summed E-state index contributed by atoms with van der Waals surface area (Å²) in [6.45, 7) is 10.2. The van der Waals surface area contributed by atoms with Gasteiger partial charge in [-0.25, -0.2) is 0 Å². The minimum absolute atomic E-state index is 0.00400. The molecule has 2 aliphatic carbocycles. The summed E-state index contributed by atoms with van der Waals surface area (Å²) in [6.07, 6.45) is 5.97. The van der Waals surface area contributed by atoms with E-state index in [9.17, 15) is 4.79 Å². The number of methoxy groups -OCH3 is 3. The first-order valence-corrected chi connectivity index (χ1v) is 9.13. The van der Waals surface area contributed by atoms with Crippen molar-refractivity contribution < 1.29 is 19.0 Å². The van der Waals surface area contributed by atoms with Gasteiger partial charge in [-0.15, -0.1) is 0 Å². The van der Waals surface area contributed by atoms with E-state index in [4.69, 9.17) is 16.3 Å². The van der Waals surface area contributed by atoms with Gasteiger partial charge >= 0.3 is 0 Å². The van der Waals surface area contributed by atoms with Gasteiger partial charge in [-0.3, -0.25) is 4.79 Å². The second-order valence-corrected chi connectivity index (χ2v) is 8.19. The maximum absolute atomic E-state index is 11.6. The third kappa shape index (κ3) is 5.65. The smallest absolute Gasteiger partial charge is 0.225 e. The van der Waals surface area contributed by atoms with Crippen LogP contribution in [0.25, 0.3) is 0 Å².